The summed E-state index contributed by atoms with van der Waals surface area (Å²) in [7, 11) is 0. The number of nitrogens with one attached hydrogen (secondary N) is 1. The summed E-state index contributed by atoms with van der Waals surface area (Å²) < 4.78 is 0. The molecule has 0 spiro atoms. The van der Waals surface area contributed by atoms with Gasteiger partial charge in [0.1, 0.15) is 0 Å². The Bertz CT molecular complexity index is 514. The predicted octanol–water partition coefficient (Wildman–Crippen LogP) is 4.24. The number of hydrogen-bond donors (Lipinski definition) is 1. The van der Waals surface area contributed by atoms with Gasteiger partial charge in [-0.15, -0.1) is 0 Å². The van der Waals surface area contributed by atoms with E-state index in [0.717, 1.165) is 11.3 Å². The van der Waals surface area contributed by atoms with Crippen LogP contribution in [0.15, 0.2) is 42.6 Å². The number of halogens is 2. The lowest BCUT2D eigenvalue weighted by Gasteiger charge is -2.15. The molecule has 0 aliphatic heterocycles. The van der Waals surface area contributed by atoms with Crippen molar-refractivity contribution in [3.05, 3.63) is 63.9 Å². The minimum atomic E-state index is 0.150. The molecule has 0 amide bonds. The molecular formula is C14H14Cl2N2. The highest BCUT2D eigenvalue weighted by Gasteiger charge is 2.09. The van der Waals surface area contributed by atoms with Crippen molar-refractivity contribution in [3.8, 4) is 0 Å². The second kappa shape index (κ2) is 6.19. The summed E-state index contributed by atoms with van der Waals surface area (Å²) in [5.74, 6) is 0. The van der Waals surface area contributed by atoms with Crippen LogP contribution in [0.5, 0.6) is 0 Å². The number of benzene rings is 1. The minimum absolute atomic E-state index is 0.150. The highest BCUT2D eigenvalue weighted by Crippen LogP contribution is 2.26. The number of nitrogens with zero attached hydrogens (tertiary/aromatic N) is 1. The van der Waals surface area contributed by atoms with Gasteiger partial charge in [-0.3, -0.25) is 4.98 Å². The Kier molecular flexibility index (Phi) is 4.59. The average Bonchev–Trinajstić information content (AvgIpc) is 2.37. The summed E-state index contributed by atoms with van der Waals surface area (Å²) in [6, 6.07) is 11.6. The van der Waals surface area contributed by atoms with Crippen LogP contribution in [0.1, 0.15) is 24.2 Å². The van der Waals surface area contributed by atoms with Gasteiger partial charge in [-0.2, -0.15) is 0 Å². The van der Waals surface area contributed by atoms with E-state index >= 15 is 0 Å². The van der Waals surface area contributed by atoms with Gasteiger partial charge >= 0.3 is 0 Å². The third-order valence-corrected chi connectivity index (χ3v) is 3.31. The lowest BCUT2D eigenvalue weighted by atomic mass is 10.1. The van der Waals surface area contributed by atoms with Crippen LogP contribution in [-0.2, 0) is 6.54 Å². The van der Waals surface area contributed by atoms with Crippen LogP contribution in [0.2, 0.25) is 10.0 Å². The van der Waals surface area contributed by atoms with E-state index in [9.17, 15) is 0 Å². The molecule has 0 saturated heterocycles. The van der Waals surface area contributed by atoms with Crippen molar-refractivity contribution in [3.63, 3.8) is 0 Å². The van der Waals surface area contributed by atoms with E-state index in [1.54, 1.807) is 12.3 Å². The van der Waals surface area contributed by atoms with Gasteiger partial charge in [0.2, 0.25) is 0 Å². The fourth-order valence-corrected chi connectivity index (χ4v) is 2.30. The number of rotatable bonds is 4. The largest absolute Gasteiger partial charge is 0.305 e. The van der Waals surface area contributed by atoms with E-state index < -0.39 is 0 Å². The SMILES string of the molecule is CC(NCc1ccccn1)c1ccc(Cl)cc1Cl. The van der Waals surface area contributed by atoms with E-state index in [-0.39, 0.29) is 6.04 Å². The Morgan fingerprint density at radius 1 is 1.22 bits per heavy atom. The highest BCUT2D eigenvalue weighted by molar-refractivity contribution is 6.35. The van der Waals surface area contributed by atoms with Crippen LogP contribution >= 0.6 is 23.2 Å². The van der Waals surface area contributed by atoms with E-state index in [4.69, 9.17) is 23.2 Å². The Morgan fingerprint density at radius 3 is 2.72 bits per heavy atom. The fraction of sp³-hybridized carbons (Fsp3) is 0.214. The first-order chi connectivity index (χ1) is 8.66. The Hall–Kier alpha value is -1.09. The molecule has 0 saturated carbocycles. The molecule has 0 bridgehead atoms. The monoisotopic (exact) mass is 280 g/mol. The molecule has 0 radical (unpaired) electrons. The summed E-state index contributed by atoms with van der Waals surface area (Å²) in [5.41, 5.74) is 2.05. The maximum Gasteiger partial charge on any atom is 0.0541 e. The summed E-state index contributed by atoms with van der Waals surface area (Å²) in [6.07, 6.45) is 1.79. The minimum Gasteiger partial charge on any atom is -0.305 e. The Morgan fingerprint density at radius 2 is 2.06 bits per heavy atom. The van der Waals surface area contributed by atoms with Crippen LogP contribution in [0.3, 0.4) is 0 Å². The van der Waals surface area contributed by atoms with Crippen molar-refractivity contribution in [2.75, 3.05) is 0 Å². The molecule has 0 aliphatic rings. The van der Waals surface area contributed by atoms with E-state index in [0.29, 0.717) is 16.6 Å². The van der Waals surface area contributed by atoms with Crippen LogP contribution < -0.4 is 5.32 Å². The van der Waals surface area contributed by atoms with Gasteiger partial charge in [0, 0.05) is 28.8 Å². The number of pyridine rings is 1. The van der Waals surface area contributed by atoms with Gasteiger partial charge in [-0.25, -0.2) is 0 Å². The first-order valence-corrected chi connectivity index (χ1v) is 6.50. The standard InChI is InChI=1S/C14H14Cl2N2/c1-10(13-6-5-11(15)8-14(13)16)18-9-12-4-2-3-7-17-12/h2-8,10,18H,9H2,1H3. The van der Waals surface area contributed by atoms with Gasteiger partial charge in [0.05, 0.1) is 5.69 Å². The molecule has 2 aromatic rings. The molecule has 1 aromatic heterocycles. The van der Waals surface area contributed by atoms with Crippen molar-refractivity contribution in [1.29, 1.82) is 0 Å². The normalized spacial score (nSPS) is 12.4. The Labute approximate surface area is 117 Å². The molecular weight excluding hydrogens is 267 g/mol. The number of hydrogen-bond acceptors (Lipinski definition) is 2. The van der Waals surface area contributed by atoms with Crippen molar-refractivity contribution in [2.45, 2.75) is 19.5 Å². The first kappa shape index (κ1) is 13.3. The van der Waals surface area contributed by atoms with Crippen molar-refractivity contribution in [2.24, 2.45) is 0 Å². The van der Waals surface area contributed by atoms with Crippen LogP contribution in [0.25, 0.3) is 0 Å². The average molecular weight is 281 g/mol. The highest BCUT2D eigenvalue weighted by atomic mass is 35.5. The molecule has 0 aliphatic carbocycles. The summed E-state index contributed by atoms with van der Waals surface area (Å²) >= 11 is 12.0. The third-order valence-electron chi connectivity index (χ3n) is 2.74. The zero-order chi connectivity index (χ0) is 13.0. The molecule has 1 heterocycles. The predicted molar refractivity (Wildman–Crippen MR) is 76.0 cm³/mol. The molecule has 18 heavy (non-hydrogen) atoms. The maximum absolute atomic E-state index is 6.17. The molecule has 94 valence electrons. The molecule has 1 atom stereocenters. The molecule has 0 fully saturated rings. The van der Waals surface area contributed by atoms with Crippen molar-refractivity contribution >= 4 is 23.2 Å². The summed E-state index contributed by atoms with van der Waals surface area (Å²) in [5, 5.41) is 4.72. The van der Waals surface area contributed by atoms with Crippen LogP contribution in [0, 0.1) is 0 Å². The fourth-order valence-electron chi connectivity index (χ4n) is 1.72. The smallest absolute Gasteiger partial charge is 0.0541 e. The van der Waals surface area contributed by atoms with Crippen molar-refractivity contribution in [1.82, 2.24) is 10.3 Å². The zero-order valence-electron chi connectivity index (χ0n) is 10.0. The summed E-state index contributed by atoms with van der Waals surface area (Å²) in [4.78, 5) is 4.26. The molecule has 1 N–H and O–H groups in total. The lowest BCUT2D eigenvalue weighted by molar-refractivity contribution is 0.568. The molecule has 1 unspecified atom stereocenters. The molecule has 4 heteroatoms. The first-order valence-electron chi connectivity index (χ1n) is 5.75. The molecule has 1 aromatic carbocycles. The van der Waals surface area contributed by atoms with Crippen LogP contribution in [0.4, 0.5) is 0 Å². The lowest BCUT2D eigenvalue weighted by Crippen LogP contribution is -2.19. The Balaban J connectivity index is 2.01. The van der Waals surface area contributed by atoms with Gasteiger partial charge in [0.15, 0.2) is 0 Å². The van der Waals surface area contributed by atoms with E-state index in [1.807, 2.05) is 30.3 Å². The van der Waals surface area contributed by atoms with E-state index in [1.165, 1.54) is 0 Å². The van der Waals surface area contributed by atoms with Gasteiger partial charge in [-0.1, -0.05) is 35.3 Å². The van der Waals surface area contributed by atoms with Gasteiger partial charge in [0.25, 0.3) is 0 Å². The topological polar surface area (TPSA) is 24.9 Å². The van der Waals surface area contributed by atoms with E-state index in [2.05, 4.69) is 17.2 Å². The third kappa shape index (κ3) is 3.45. The summed E-state index contributed by atoms with van der Waals surface area (Å²) in [6.45, 7) is 2.78. The quantitative estimate of drug-likeness (QED) is 0.906. The number of aromatic nitrogens is 1. The molecule has 2 nitrogen and oxygen atoms in total. The van der Waals surface area contributed by atoms with Crippen LogP contribution in [-0.4, -0.2) is 4.98 Å². The second-order valence-electron chi connectivity index (χ2n) is 4.09. The zero-order valence-corrected chi connectivity index (χ0v) is 11.5. The van der Waals surface area contributed by atoms with Gasteiger partial charge in [-0.05, 0) is 36.8 Å². The molecule has 2 rings (SSSR count). The van der Waals surface area contributed by atoms with Crippen molar-refractivity contribution < 1.29 is 0 Å². The maximum atomic E-state index is 6.17. The second-order valence-corrected chi connectivity index (χ2v) is 4.93. The van der Waals surface area contributed by atoms with Gasteiger partial charge < -0.3 is 5.32 Å².